The van der Waals surface area contributed by atoms with E-state index in [0.29, 0.717) is 17.9 Å². The molecule has 3 aromatic heterocycles. The number of thiophene rings is 1. The number of nitrogens with zero attached hydrogens (tertiary/aromatic N) is 5. The van der Waals surface area contributed by atoms with E-state index in [1.54, 1.807) is 22.2 Å². The molecule has 10 heteroatoms. The molecule has 3 aromatic rings. The highest BCUT2D eigenvalue weighted by atomic mass is 32.1. The molecule has 2 aliphatic carbocycles. The second kappa shape index (κ2) is 8.90. The maximum atomic E-state index is 11.5. The average molecular weight is 471 g/mol. The van der Waals surface area contributed by atoms with Crippen molar-refractivity contribution in [3.63, 3.8) is 0 Å². The highest BCUT2D eigenvalue weighted by molar-refractivity contribution is 7.19. The summed E-state index contributed by atoms with van der Waals surface area (Å²) in [4.78, 5) is 25.4. The third-order valence-corrected chi connectivity index (χ3v) is 7.95. The van der Waals surface area contributed by atoms with E-state index in [1.807, 2.05) is 13.2 Å². The average Bonchev–Trinajstić information content (AvgIpc) is 3.44. The summed E-state index contributed by atoms with van der Waals surface area (Å²) >= 11 is 1.64. The summed E-state index contributed by atoms with van der Waals surface area (Å²) in [5.41, 5.74) is 1.89. The van der Waals surface area contributed by atoms with Crippen LogP contribution in [0.15, 0.2) is 12.4 Å². The zero-order valence-electron chi connectivity index (χ0n) is 19.2. The van der Waals surface area contributed by atoms with Gasteiger partial charge in [-0.3, -0.25) is 9.48 Å². The largest absolute Gasteiger partial charge is 0.481 e. The monoisotopic (exact) mass is 470 g/mol. The Morgan fingerprint density at radius 2 is 2.06 bits per heavy atom. The molecule has 2 aliphatic rings. The summed E-state index contributed by atoms with van der Waals surface area (Å²) in [5.74, 6) is 0.267. The van der Waals surface area contributed by atoms with Crippen LogP contribution in [0.3, 0.4) is 0 Å². The predicted octanol–water partition coefficient (Wildman–Crippen LogP) is 3.92. The minimum Gasteiger partial charge on any atom is -0.481 e. The number of aromatic nitrogens is 4. The molecule has 0 unspecified atom stereocenters. The maximum Gasteiger partial charge on any atom is 0.303 e. The van der Waals surface area contributed by atoms with Gasteiger partial charge < -0.3 is 20.1 Å². The summed E-state index contributed by atoms with van der Waals surface area (Å²) in [6.45, 7) is 0. The van der Waals surface area contributed by atoms with Crippen LogP contribution in [0, 0.1) is 0 Å². The molecule has 0 aliphatic heterocycles. The molecule has 1 saturated carbocycles. The minimum atomic E-state index is -0.771. The Morgan fingerprint density at radius 3 is 2.73 bits per heavy atom. The van der Waals surface area contributed by atoms with Gasteiger partial charge in [0, 0.05) is 24.2 Å². The van der Waals surface area contributed by atoms with Gasteiger partial charge in [0.05, 0.1) is 23.7 Å². The first-order chi connectivity index (χ1) is 15.9. The SMILES string of the molecule is Cn1cc(Nc2nc(O[C@H]3CC[C@H](N(C)C)CC3)c3c4c(sc3n2)CC[C@@H]4CC(=O)O)cn1. The fourth-order valence-corrected chi connectivity index (χ4v) is 6.37. The normalized spacial score (nSPS) is 22.6. The molecule has 2 N–H and O–H groups in total. The molecule has 0 bridgehead atoms. The lowest BCUT2D eigenvalue weighted by molar-refractivity contribution is -0.137. The number of aryl methyl sites for hydroxylation is 2. The maximum absolute atomic E-state index is 11.5. The van der Waals surface area contributed by atoms with Crippen LogP contribution in [0.1, 0.15) is 54.9 Å². The second-order valence-corrected chi connectivity index (χ2v) is 10.4. The van der Waals surface area contributed by atoms with E-state index in [2.05, 4.69) is 29.4 Å². The first-order valence-corrected chi connectivity index (χ1v) is 12.3. The molecule has 176 valence electrons. The minimum absolute atomic E-state index is 0.0150. The number of carboxylic acid groups (broad SMARTS) is 1. The van der Waals surface area contributed by atoms with Gasteiger partial charge in [-0.2, -0.15) is 10.1 Å². The molecule has 0 saturated heterocycles. The number of carbonyl (C=O) groups is 1. The lowest BCUT2D eigenvalue weighted by Gasteiger charge is -2.32. The summed E-state index contributed by atoms with van der Waals surface area (Å²) in [7, 11) is 6.13. The third kappa shape index (κ3) is 4.54. The third-order valence-electron chi connectivity index (χ3n) is 6.79. The Morgan fingerprint density at radius 1 is 1.27 bits per heavy atom. The molecule has 5 rings (SSSR count). The number of ether oxygens (including phenoxy) is 1. The topological polar surface area (TPSA) is 105 Å². The fraction of sp³-hybridized carbons (Fsp3) is 0.565. The Hall–Kier alpha value is -2.72. The van der Waals surface area contributed by atoms with Crippen LogP contribution >= 0.6 is 11.3 Å². The van der Waals surface area contributed by atoms with Crippen LogP contribution in [0.25, 0.3) is 10.2 Å². The number of fused-ring (bicyclic) bond motifs is 3. The van der Waals surface area contributed by atoms with E-state index in [9.17, 15) is 9.90 Å². The number of nitrogens with one attached hydrogen (secondary N) is 1. The highest BCUT2D eigenvalue weighted by Crippen LogP contribution is 2.48. The van der Waals surface area contributed by atoms with Crippen molar-refractivity contribution in [1.29, 1.82) is 0 Å². The van der Waals surface area contributed by atoms with Gasteiger partial charge in [-0.05, 0) is 64.1 Å². The summed E-state index contributed by atoms with van der Waals surface area (Å²) < 4.78 is 8.27. The van der Waals surface area contributed by atoms with E-state index in [1.165, 1.54) is 4.88 Å². The first kappa shape index (κ1) is 22.1. The van der Waals surface area contributed by atoms with E-state index in [0.717, 1.165) is 60.0 Å². The Bertz CT molecular complexity index is 1160. The van der Waals surface area contributed by atoms with Gasteiger partial charge in [-0.25, -0.2) is 4.98 Å². The van der Waals surface area contributed by atoms with Gasteiger partial charge >= 0.3 is 5.97 Å². The van der Waals surface area contributed by atoms with Gasteiger partial charge in [0.15, 0.2) is 0 Å². The van der Waals surface area contributed by atoms with Crippen LogP contribution in [0.4, 0.5) is 11.6 Å². The molecule has 0 aromatic carbocycles. The Labute approximate surface area is 196 Å². The van der Waals surface area contributed by atoms with E-state index >= 15 is 0 Å². The number of hydrogen-bond donors (Lipinski definition) is 2. The van der Waals surface area contributed by atoms with Crippen molar-refractivity contribution >= 4 is 39.2 Å². The van der Waals surface area contributed by atoms with Crippen molar-refractivity contribution in [2.45, 2.75) is 63.0 Å². The number of carboxylic acids is 1. The molecule has 33 heavy (non-hydrogen) atoms. The summed E-state index contributed by atoms with van der Waals surface area (Å²) in [5, 5.41) is 17.8. The zero-order valence-corrected chi connectivity index (χ0v) is 20.1. The van der Waals surface area contributed by atoms with Gasteiger partial charge in [-0.15, -0.1) is 11.3 Å². The second-order valence-electron chi connectivity index (χ2n) is 9.34. The van der Waals surface area contributed by atoms with Crippen molar-refractivity contribution in [3.05, 3.63) is 22.8 Å². The van der Waals surface area contributed by atoms with E-state index < -0.39 is 5.97 Å². The number of rotatable bonds is 7. The molecule has 0 spiro atoms. The highest BCUT2D eigenvalue weighted by Gasteiger charge is 2.33. The van der Waals surface area contributed by atoms with Crippen LogP contribution in [0.2, 0.25) is 0 Å². The molecule has 0 radical (unpaired) electrons. The van der Waals surface area contributed by atoms with Crippen LogP contribution in [0.5, 0.6) is 5.88 Å². The van der Waals surface area contributed by atoms with Crippen molar-refractivity contribution in [2.24, 2.45) is 7.05 Å². The molecular formula is C23H30N6O3S. The Balaban J connectivity index is 1.50. The molecule has 3 heterocycles. The van der Waals surface area contributed by atoms with E-state index in [-0.39, 0.29) is 18.4 Å². The molecule has 1 fully saturated rings. The van der Waals surface area contributed by atoms with Gasteiger partial charge in [-0.1, -0.05) is 0 Å². The fourth-order valence-electron chi connectivity index (χ4n) is 5.11. The van der Waals surface area contributed by atoms with Crippen molar-refractivity contribution in [2.75, 3.05) is 19.4 Å². The van der Waals surface area contributed by atoms with Crippen molar-refractivity contribution < 1.29 is 14.6 Å². The van der Waals surface area contributed by atoms with Crippen molar-refractivity contribution in [3.8, 4) is 5.88 Å². The zero-order chi connectivity index (χ0) is 23.1. The van der Waals surface area contributed by atoms with Gasteiger partial charge in [0.2, 0.25) is 11.8 Å². The Kier molecular flexibility index (Phi) is 5.96. The van der Waals surface area contributed by atoms with Gasteiger partial charge in [0.25, 0.3) is 0 Å². The predicted molar refractivity (Wildman–Crippen MR) is 128 cm³/mol. The smallest absolute Gasteiger partial charge is 0.303 e. The number of hydrogen-bond acceptors (Lipinski definition) is 8. The molecular weight excluding hydrogens is 440 g/mol. The number of anilines is 2. The van der Waals surface area contributed by atoms with Crippen LogP contribution in [-0.4, -0.2) is 62.0 Å². The molecule has 9 nitrogen and oxygen atoms in total. The van der Waals surface area contributed by atoms with Crippen molar-refractivity contribution in [1.82, 2.24) is 24.6 Å². The molecule has 0 amide bonds. The van der Waals surface area contributed by atoms with Crippen LogP contribution in [-0.2, 0) is 18.3 Å². The summed E-state index contributed by atoms with van der Waals surface area (Å²) in [6, 6.07) is 0.586. The van der Waals surface area contributed by atoms with Crippen LogP contribution < -0.4 is 10.1 Å². The lowest BCUT2D eigenvalue weighted by atomic mass is 9.92. The summed E-state index contributed by atoms with van der Waals surface area (Å²) in [6.07, 6.45) is 9.70. The number of aliphatic carboxylic acids is 1. The van der Waals surface area contributed by atoms with Gasteiger partial charge in [0.1, 0.15) is 10.9 Å². The quantitative estimate of drug-likeness (QED) is 0.535. The first-order valence-electron chi connectivity index (χ1n) is 11.5. The standard InChI is InChI=1S/C23H30N6O3S/c1-28(2)15-5-7-16(8-6-15)32-21-20-19-13(10-18(30)31)4-9-17(19)33-22(20)27-23(26-21)25-14-11-24-29(3)12-14/h11-13,15-16H,4-10H2,1-3H3,(H,30,31)(H,25,26,27)/t13-,15-,16-/m1/s1. The lowest BCUT2D eigenvalue weighted by Crippen LogP contribution is -2.35. The molecule has 1 atom stereocenters. The van der Waals surface area contributed by atoms with E-state index in [4.69, 9.17) is 14.7 Å².